The van der Waals surface area contributed by atoms with Crippen LogP contribution < -0.4 is 14.5 Å². The number of hydrogen-bond donors (Lipinski definition) is 0. The molecule has 0 radical (unpaired) electrons. The van der Waals surface area contributed by atoms with Crippen LogP contribution in [-0.2, 0) is 6.61 Å². The molecule has 4 aromatic rings. The van der Waals surface area contributed by atoms with Crippen LogP contribution in [0.5, 0.6) is 11.7 Å². The van der Waals surface area contributed by atoms with Crippen molar-refractivity contribution in [3.8, 4) is 17.4 Å². The van der Waals surface area contributed by atoms with Gasteiger partial charge >= 0.3 is 0 Å². The number of para-hydroxylation sites is 1. The van der Waals surface area contributed by atoms with Gasteiger partial charge in [0.25, 0.3) is 5.69 Å². The molecule has 3 heterocycles. The van der Waals surface area contributed by atoms with E-state index in [1.165, 1.54) is 16.4 Å². The van der Waals surface area contributed by atoms with E-state index >= 15 is 0 Å². The largest absolute Gasteiger partial charge is 0.539 e. The lowest BCUT2D eigenvalue weighted by Gasteiger charge is -2.12. The van der Waals surface area contributed by atoms with Gasteiger partial charge in [-0.15, -0.1) is 10.2 Å². The minimum atomic E-state index is -0.561. The Morgan fingerprint density at radius 1 is 1.13 bits per heavy atom. The van der Waals surface area contributed by atoms with Crippen LogP contribution >= 0.6 is 23.4 Å². The van der Waals surface area contributed by atoms with Gasteiger partial charge in [-0.1, -0.05) is 41.6 Å². The maximum atomic E-state index is 12.4. The second-order valence-electron chi connectivity index (χ2n) is 6.24. The second-order valence-corrected chi connectivity index (χ2v) is 7.62. The standard InChI is InChI=1S/C19H13ClN6O3S/c20-12-6-8-14(9-7-12)28-10-16-21-22-19-26(16)23-15(11-30-19)17-18(27)29-24-25(17)13-4-2-1-3-5-13/h1-9H,10-11H2. The lowest BCUT2D eigenvalue weighted by atomic mass is 10.2. The predicted octanol–water partition coefficient (Wildman–Crippen LogP) is 2.21. The Labute approximate surface area is 179 Å². The fraction of sp³-hybridized carbons (Fsp3) is 0.105. The molecule has 0 fully saturated rings. The van der Waals surface area contributed by atoms with Crippen LogP contribution in [0.15, 0.2) is 69.4 Å². The van der Waals surface area contributed by atoms with E-state index < -0.39 is 5.95 Å². The summed E-state index contributed by atoms with van der Waals surface area (Å²) in [5, 5.41) is 30.4. The zero-order valence-corrected chi connectivity index (χ0v) is 16.9. The molecule has 0 spiro atoms. The van der Waals surface area contributed by atoms with Gasteiger partial charge in [0.05, 0.1) is 11.0 Å². The van der Waals surface area contributed by atoms with Gasteiger partial charge in [0.15, 0.2) is 11.8 Å². The maximum Gasteiger partial charge on any atom is 0.287 e. The van der Waals surface area contributed by atoms with Gasteiger partial charge in [-0.25, -0.2) is 0 Å². The Kier molecular flexibility index (Phi) is 4.85. The quantitative estimate of drug-likeness (QED) is 0.438. The van der Waals surface area contributed by atoms with E-state index in [9.17, 15) is 5.11 Å². The predicted molar refractivity (Wildman–Crippen MR) is 106 cm³/mol. The molecule has 1 aliphatic heterocycles. The van der Waals surface area contributed by atoms with Crippen LogP contribution in [0.25, 0.3) is 5.69 Å². The Hall–Kier alpha value is -3.37. The first-order valence-corrected chi connectivity index (χ1v) is 10.2. The molecule has 30 heavy (non-hydrogen) atoms. The Balaban J connectivity index is 1.46. The number of rotatable bonds is 5. The van der Waals surface area contributed by atoms with Crippen molar-refractivity contribution in [1.82, 2.24) is 20.1 Å². The van der Waals surface area contributed by atoms with E-state index in [-0.39, 0.29) is 12.3 Å². The number of halogens is 1. The van der Waals surface area contributed by atoms with Gasteiger partial charge in [0.1, 0.15) is 18.1 Å². The summed E-state index contributed by atoms with van der Waals surface area (Å²) in [7, 11) is 0. The average molecular weight is 441 g/mol. The topological polar surface area (TPSA) is 105 Å². The molecular formula is C19H13ClN6O3S. The van der Waals surface area contributed by atoms with Gasteiger partial charge in [-0.2, -0.15) is 9.78 Å². The highest BCUT2D eigenvalue weighted by molar-refractivity contribution is 7.99. The van der Waals surface area contributed by atoms with E-state index in [1.54, 1.807) is 28.9 Å². The molecule has 1 aliphatic rings. The van der Waals surface area contributed by atoms with Gasteiger partial charge in [0.2, 0.25) is 10.8 Å². The highest BCUT2D eigenvalue weighted by Crippen LogP contribution is 2.26. The number of fused-ring (bicyclic) bond motifs is 1. The molecule has 0 atom stereocenters. The molecule has 2 aromatic carbocycles. The molecule has 150 valence electrons. The summed E-state index contributed by atoms with van der Waals surface area (Å²) in [6, 6.07) is 16.3. The second kappa shape index (κ2) is 7.81. The molecule has 0 saturated heterocycles. The third-order valence-corrected chi connectivity index (χ3v) is 5.48. The minimum absolute atomic E-state index is 0.151. The Morgan fingerprint density at radius 2 is 1.93 bits per heavy atom. The average Bonchev–Trinajstić information content (AvgIpc) is 3.37. The lowest BCUT2D eigenvalue weighted by Crippen LogP contribution is -2.40. The normalized spacial score (nSPS) is 13.0. The number of nitrogens with zero attached hydrogens (tertiary/aromatic N) is 6. The minimum Gasteiger partial charge on any atom is -0.539 e. The molecule has 0 aliphatic carbocycles. The Bertz CT molecular complexity index is 1220. The highest BCUT2D eigenvalue weighted by atomic mass is 35.5. The van der Waals surface area contributed by atoms with Gasteiger partial charge in [-0.05, 0) is 28.9 Å². The first-order valence-electron chi connectivity index (χ1n) is 8.87. The smallest absolute Gasteiger partial charge is 0.287 e. The van der Waals surface area contributed by atoms with Crippen LogP contribution in [0.1, 0.15) is 11.5 Å². The van der Waals surface area contributed by atoms with Crippen LogP contribution in [0.4, 0.5) is 0 Å². The summed E-state index contributed by atoms with van der Waals surface area (Å²) < 4.78 is 13.7. The fourth-order valence-electron chi connectivity index (χ4n) is 2.89. The summed E-state index contributed by atoms with van der Waals surface area (Å²) >= 11 is 7.31. The SMILES string of the molecule is [O-]c1on[n+](-c2ccccc2)c1C1=Nn2c(COc3ccc(Cl)cc3)nnc2SC1. The Morgan fingerprint density at radius 3 is 2.73 bits per heavy atom. The summed E-state index contributed by atoms with van der Waals surface area (Å²) in [5.74, 6) is 1.01. The summed E-state index contributed by atoms with van der Waals surface area (Å²) in [6.07, 6.45) is 0. The molecule has 0 amide bonds. The molecule has 5 rings (SSSR count). The van der Waals surface area contributed by atoms with E-state index in [0.29, 0.717) is 38.9 Å². The third-order valence-electron chi connectivity index (χ3n) is 4.30. The van der Waals surface area contributed by atoms with Crippen molar-refractivity contribution in [2.45, 2.75) is 11.8 Å². The van der Waals surface area contributed by atoms with Crippen molar-refractivity contribution < 1.29 is 19.0 Å². The van der Waals surface area contributed by atoms with Gasteiger partial charge in [-0.3, -0.25) is 0 Å². The zero-order chi connectivity index (χ0) is 20.5. The molecule has 0 bridgehead atoms. The zero-order valence-electron chi connectivity index (χ0n) is 15.3. The number of benzene rings is 2. The first-order chi connectivity index (χ1) is 14.7. The monoisotopic (exact) mass is 440 g/mol. The summed E-state index contributed by atoms with van der Waals surface area (Å²) in [4.78, 5) is 0. The highest BCUT2D eigenvalue weighted by Gasteiger charge is 2.30. The van der Waals surface area contributed by atoms with E-state index in [4.69, 9.17) is 20.9 Å². The van der Waals surface area contributed by atoms with Crippen LogP contribution in [0.3, 0.4) is 0 Å². The molecule has 2 aromatic heterocycles. The molecule has 9 nitrogen and oxygen atoms in total. The molecule has 0 N–H and O–H groups in total. The maximum absolute atomic E-state index is 12.4. The van der Waals surface area contributed by atoms with Gasteiger partial charge < -0.3 is 14.4 Å². The molecule has 0 unspecified atom stereocenters. The van der Waals surface area contributed by atoms with Crippen LogP contribution in [0.2, 0.25) is 5.02 Å². The van der Waals surface area contributed by atoms with Crippen molar-refractivity contribution in [3.05, 3.63) is 71.1 Å². The first kappa shape index (κ1) is 18.6. The third kappa shape index (κ3) is 3.51. The van der Waals surface area contributed by atoms with Crippen molar-refractivity contribution in [2.24, 2.45) is 5.10 Å². The van der Waals surface area contributed by atoms with Crippen LogP contribution in [0, 0.1) is 0 Å². The van der Waals surface area contributed by atoms with Crippen molar-refractivity contribution in [3.63, 3.8) is 0 Å². The van der Waals surface area contributed by atoms with Gasteiger partial charge in [0, 0.05) is 17.2 Å². The lowest BCUT2D eigenvalue weighted by molar-refractivity contribution is -0.671. The van der Waals surface area contributed by atoms with Crippen molar-refractivity contribution in [2.75, 3.05) is 5.75 Å². The van der Waals surface area contributed by atoms with Crippen molar-refractivity contribution >= 4 is 29.1 Å². The molecule has 11 heteroatoms. The number of thioether (sulfide) groups is 1. The van der Waals surface area contributed by atoms with Crippen LogP contribution in [-0.4, -0.2) is 31.6 Å². The van der Waals surface area contributed by atoms with E-state index in [2.05, 4.69) is 20.6 Å². The van der Waals surface area contributed by atoms with E-state index in [1.807, 2.05) is 30.3 Å². The fourth-order valence-corrected chi connectivity index (χ4v) is 3.84. The number of ether oxygens (including phenoxy) is 1. The number of hydrogen-bond acceptors (Lipinski definition) is 8. The molecular weight excluding hydrogens is 428 g/mol. The summed E-state index contributed by atoms with van der Waals surface area (Å²) in [5.41, 5.74) is 1.47. The van der Waals surface area contributed by atoms with E-state index in [0.717, 1.165) is 0 Å². The summed E-state index contributed by atoms with van der Waals surface area (Å²) in [6.45, 7) is 0.151. The van der Waals surface area contributed by atoms with Crippen molar-refractivity contribution in [1.29, 1.82) is 0 Å². The molecule has 0 saturated carbocycles. The number of aromatic nitrogens is 5.